The Morgan fingerprint density at radius 2 is 1.94 bits per heavy atom. The van der Waals surface area contributed by atoms with Crippen LogP contribution in [0, 0.1) is 6.92 Å². The Morgan fingerprint density at radius 3 is 2.50 bits per heavy atom. The molecule has 1 nitrogen and oxygen atoms in total. The molecule has 0 spiro atoms. The van der Waals surface area contributed by atoms with Gasteiger partial charge in [0.15, 0.2) is 0 Å². The molecule has 1 atom stereocenters. The number of halogens is 1. The Morgan fingerprint density at radius 1 is 1.28 bits per heavy atom. The first kappa shape index (κ1) is 13.9. The second-order valence-corrected chi connectivity index (χ2v) is 7.15. The molecule has 0 amide bonds. The largest absolute Gasteiger partial charge is 0.255 e. The van der Waals surface area contributed by atoms with E-state index in [1.807, 2.05) is 6.20 Å². The van der Waals surface area contributed by atoms with Gasteiger partial charge in [-0.05, 0) is 30.5 Å². The van der Waals surface area contributed by atoms with Gasteiger partial charge in [-0.3, -0.25) is 4.98 Å². The highest BCUT2D eigenvalue weighted by Gasteiger charge is 2.03. The van der Waals surface area contributed by atoms with Crippen molar-refractivity contribution in [1.82, 2.24) is 4.98 Å². The fraction of sp³-hybridized carbons (Fsp3) is 0.267. The van der Waals surface area contributed by atoms with Crippen molar-refractivity contribution < 1.29 is 0 Å². The van der Waals surface area contributed by atoms with Crippen molar-refractivity contribution >= 4 is 35.2 Å². The van der Waals surface area contributed by atoms with Crippen LogP contribution in [0.4, 0.5) is 0 Å². The molecule has 0 bridgehead atoms. The monoisotopic (exact) mass is 369 g/mol. The van der Waals surface area contributed by atoms with Crippen LogP contribution in [0.15, 0.2) is 41.4 Å². The topological polar surface area (TPSA) is 12.9 Å². The van der Waals surface area contributed by atoms with E-state index in [0.29, 0.717) is 3.92 Å². The number of pyridine rings is 1. The van der Waals surface area contributed by atoms with Crippen molar-refractivity contribution in [3.63, 3.8) is 0 Å². The number of alkyl halides is 1. The van der Waals surface area contributed by atoms with Gasteiger partial charge in [-0.15, -0.1) is 12.6 Å². The minimum atomic E-state index is 0.664. The lowest BCUT2D eigenvalue weighted by molar-refractivity contribution is 0.977. The quantitative estimate of drug-likeness (QED) is 0.470. The fourth-order valence-corrected chi connectivity index (χ4v) is 2.47. The Labute approximate surface area is 128 Å². The van der Waals surface area contributed by atoms with Gasteiger partial charge in [-0.1, -0.05) is 53.8 Å². The second kappa shape index (κ2) is 6.06. The molecule has 2 aromatic rings. The number of thiol groups is 1. The molecule has 1 unspecified atom stereocenters. The highest BCUT2D eigenvalue weighted by molar-refractivity contribution is 14.1. The number of aromatic nitrogens is 1. The van der Waals surface area contributed by atoms with Crippen molar-refractivity contribution in [2.45, 2.75) is 29.1 Å². The number of hydrogen-bond acceptors (Lipinski definition) is 2. The summed E-state index contributed by atoms with van der Waals surface area (Å²) in [5.74, 6) is 0. The Kier molecular flexibility index (Phi) is 4.67. The molecule has 2 rings (SSSR count). The van der Waals surface area contributed by atoms with Gasteiger partial charge in [-0.25, -0.2) is 0 Å². The van der Waals surface area contributed by atoms with Crippen molar-refractivity contribution in [3.8, 4) is 11.3 Å². The fourth-order valence-electron chi connectivity index (χ4n) is 1.84. The number of nitrogens with zero attached hydrogens (tertiary/aromatic N) is 1. The zero-order chi connectivity index (χ0) is 13.1. The lowest BCUT2D eigenvalue weighted by Crippen LogP contribution is -1.96. The first-order valence-corrected chi connectivity index (χ1v) is 7.64. The molecule has 0 radical (unpaired) electrons. The van der Waals surface area contributed by atoms with Gasteiger partial charge in [0.2, 0.25) is 0 Å². The van der Waals surface area contributed by atoms with Crippen LogP contribution in [-0.4, -0.2) is 8.91 Å². The first-order chi connectivity index (χ1) is 8.56. The SMILES string of the molecule is Cc1cc(-c2ccc(CC(C)I)cc2)ncc1S. The van der Waals surface area contributed by atoms with E-state index in [0.717, 1.165) is 28.1 Å². The summed E-state index contributed by atoms with van der Waals surface area (Å²) >= 11 is 6.80. The normalized spacial score (nSPS) is 12.4. The van der Waals surface area contributed by atoms with Gasteiger partial charge in [-0.2, -0.15) is 0 Å². The summed E-state index contributed by atoms with van der Waals surface area (Å²) < 4.78 is 0.664. The third kappa shape index (κ3) is 3.48. The van der Waals surface area contributed by atoms with Crippen LogP contribution in [-0.2, 0) is 6.42 Å². The van der Waals surface area contributed by atoms with Crippen molar-refractivity contribution in [2.75, 3.05) is 0 Å². The number of rotatable bonds is 3. The van der Waals surface area contributed by atoms with Crippen LogP contribution in [0.3, 0.4) is 0 Å². The van der Waals surface area contributed by atoms with Gasteiger partial charge in [0.1, 0.15) is 0 Å². The molecule has 1 aromatic carbocycles. The molecular formula is C15H16INS. The standard InChI is InChI=1S/C15H16INS/c1-10-7-14(17-9-15(10)18)13-5-3-12(4-6-13)8-11(2)16/h3-7,9,11,18H,8H2,1-2H3. The van der Waals surface area contributed by atoms with Crippen LogP contribution >= 0.6 is 35.2 Å². The van der Waals surface area contributed by atoms with E-state index < -0.39 is 0 Å². The highest BCUT2D eigenvalue weighted by Crippen LogP contribution is 2.22. The smallest absolute Gasteiger partial charge is 0.0705 e. The predicted molar refractivity (Wildman–Crippen MR) is 88.8 cm³/mol. The summed E-state index contributed by atoms with van der Waals surface area (Å²) in [5.41, 5.74) is 4.71. The van der Waals surface area contributed by atoms with Crippen LogP contribution in [0.2, 0.25) is 0 Å². The van der Waals surface area contributed by atoms with Crippen LogP contribution in [0.25, 0.3) is 11.3 Å². The van der Waals surface area contributed by atoms with Gasteiger partial charge in [0, 0.05) is 20.6 Å². The first-order valence-electron chi connectivity index (χ1n) is 5.95. The van der Waals surface area contributed by atoms with Crippen LogP contribution in [0.1, 0.15) is 18.1 Å². The summed E-state index contributed by atoms with van der Waals surface area (Å²) in [7, 11) is 0. The maximum Gasteiger partial charge on any atom is 0.0705 e. The lowest BCUT2D eigenvalue weighted by atomic mass is 10.0. The van der Waals surface area contributed by atoms with Crippen molar-refractivity contribution in [1.29, 1.82) is 0 Å². The zero-order valence-corrected chi connectivity index (χ0v) is 13.6. The summed E-state index contributed by atoms with van der Waals surface area (Å²) in [4.78, 5) is 5.36. The molecular weight excluding hydrogens is 353 g/mol. The second-order valence-electron chi connectivity index (χ2n) is 4.54. The Hall–Kier alpha value is -0.550. The minimum Gasteiger partial charge on any atom is -0.255 e. The molecule has 0 saturated carbocycles. The van der Waals surface area contributed by atoms with Crippen LogP contribution < -0.4 is 0 Å². The highest BCUT2D eigenvalue weighted by atomic mass is 127. The molecule has 3 heteroatoms. The van der Waals surface area contributed by atoms with Gasteiger partial charge in [0.05, 0.1) is 5.69 Å². The number of aryl methyl sites for hydroxylation is 1. The molecule has 0 fully saturated rings. The van der Waals surface area contributed by atoms with E-state index in [4.69, 9.17) is 0 Å². The van der Waals surface area contributed by atoms with Crippen molar-refractivity contribution in [3.05, 3.63) is 47.7 Å². The van der Waals surface area contributed by atoms with E-state index in [1.54, 1.807) is 0 Å². The average molecular weight is 369 g/mol. The van der Waals surface area contributed by atoms with E-state index in [-0.39, 0.29) is 0 Å². The summed E-state index contributed by atoms with van der Waals surface area (Å²) in [5, 5.41) is 0. The molecule has 0 N–H and O–H groups in total. The number of hydrogen-bond donors (Lipinski definition) is 1. The Bertz CT molecular complexity index is 535. The molecule has 94 valence electrons. The lowest BCUT2D eigenvalue weighted by Gasteiger charge is -2.07. The molecule has 0 aliphatic heterocycles. The molecule has 0 aliphatic carbocycles. The minimum absolute atomic E-state index is 0.664. The van der Waals surface area contributed by atoms with E-state index >= 15 is 0 Å². The summed E-state index contributed by atoms with van der Waals surface area (Å²) in [6.45, 7) is 4.28. The predicted octanol–water partition coefficient (Wildman–Crippen LogP) is 4.71. The molecule has 0 saturated heterocycles. The van der Waals surface area contributed by atoms with Gasteiger partial charge >= 0.3 is 0 Å². The molecule has 0 aliphatic rings. The third-order valence-corrected chi connectivity index (χ3v) is 3.76. The van der Waals surface area contributed by atoms with Gasteiger partial charge in [0.25, 0.3) is 0 Å². The zero-order valence-electron chi connectivity index (χ0n) is 10.5. The van der Waals surface area contributed by atoms with E-state index in [2.05, 4.69) is 84.4 Å². The summed E-state index contributed by atoms with van der Waals surface area (Å²) in [6.07, 6.45) is 2.93. The maximum atomic E-state index is 4.42. The van der Waals surface area contributed by atoms with Gasteiger partial charge < -0.3 is 0 Å². The van der Waals surface area contributed by atoms with E-state index in [1.165, 1.54) is 5.56 Å². The molecule has 18 heavy (non-hydrogen) atoms. The average Bonchev–Trinajstić information content (AvgIpc) is 2.33. The third-order valence-electron chi connectivity index (χ3n) is 2.85. The maximum absolute atomic E-state index is 4.42. The molecule has 1 heterocycles. The number of benzene rings is 1. The molecule has 1 aromatic heterocycles. The van der Waals surface area contributed by atoms with Crippen molar-refractivity contribution in [2.24, 2.45) is 0 Å². The van der Waals surface area contributed by atoms with E-state index in [9.17, 15) is 0 Å². The Balaban J connectivity index is 2.25. The summed E-state index contributed by atoms with van der Waals surface area (Å²) in [6, 6.07) is 10.8. The van der Waals surface area contributed by atoms with Crippen LogP contribution in [0.5, 0.6) is 0 Å².